The van der Waals surface area contributed by atoms with Crippen molar-refractivity contribution in [3.63, 3.8) is 0 Å². The van der Waals surface area contributed by atoms with Crippen molar-refractivity contribution in [3.8, 4) is 0 Å². The molecular formula is C19H29ClO2. The minimum absolute atomic E-state index is 0.127. The third-order valence-electron chi connectivity index (χ3n) is 7.67. The zero-order valence-corrected chi connectivity index (χ0v) is 14.4. The van der Waals surface area contributed by atoms with Gasteiger partial charge in [0.1, 0.15) is 0 Å². The van der Waals surface area contributed by atoms with Gasteiger partial charge >= 0.3 is 0 Å². The number of fused-ring (bicyclic) bond motifs is 4. The van der Waals surface area contributed by atoms with Crippen molar-refractivity contribution in [2.75, 3.05) is 0 Å². The first-order valence-corrected chi connectivity index (χ1v) is 9.51. The molecule has 0 radical (unpaired) electrons. The van der Waals surface area contributed by atoms with Crippen LogP contribution in [0.5, 0.6) is 0 Å². The Balaban J connectivity index is 1.68. The molecule has 6 unspecified atom stereocenters. The lowest BCUT2D eigenvalue weighted by Gasteiger charge is -2.56. The van der Waals surface area contributed by atoms with Gasteiger partial charge in [0.25, 0.3) is 0 Å². The predicted octanol–water partition coefficient (Wildman–Crippen LogP) is 4.03. The number of aliphatic hydroxyl groups excluding tert-OH is 1. The molecule has 4 aliphatic rings. The number of hydrogen-bond acceptors (Lipinski definition) is 2. The van der Waals surface area contributed by atoms with E-state index in [9.17, 15) is 10.2 Å². The molecule has 0 aliphatic heterocycles. The topological polar surface area (TPSA) is 40.5 Å². The molecule has 4 aliphatic carbocycles. The first-order chi connectivity index (χ1) is 10.4. The minimum atomic E-state index is -0.743. The van der Waals surface area contributed by atoms with Crippen molar-refractivity contribution in [2.45, 2.75) is 81.3 Å². The molecule has 0 saturated heterocycles. The summed E-state index contributed by atoms with van der Waals surface area (Å²) in [5.41, 5.74) is -0.616. The Bertz CT molecular complexity index is 492. The summed E-state index contributed by atoms with van der Waals surface area (Å²) in [7, 11) is 0. The maximum Gasteiger partial charge on any atom is 0.0877 e. The van der Waals surface area contributed by atoms with E-state index in [-0.39, 0.29) is 17.4 Å². The molecule has 22 heavy (non-hydrogen) atoms. The number of allylic oxidation sites excluding steroid dienone is 2. The van der Waals surface area contributed by atoms with Gasteiger partial charge in [-0.3, -0.25) is 0 Å². The smallest absolute Gasteiger partial charge is 0.0877 e. The molecule has 0 spiro atoms. The Hall–Kier alpha value is -0.0500. The van der Waals surface area contributed by atoms with Crippen LogP contribution in [0.15, 0.2) is 12.2 Å². The van der Waals surface area contributed by atoms with E-state index in [0.29, 0.717) is 11.8 Å². The minimum Gasteiger partial charge on any atom is -0.393 e. The molecule has 124 valence electrons. The van der Waals surface area contributed by atoms with Crippen LogP contribution in [0.3, 0.4) is 0 Å². The lowest BCUT2D eigenvalue weighted by molar-refractivity contribution is -0.121. The van der Waals surface area contributed by atoms with Gasteiger partial charge in [-0.15, -0.1) is 11.6 Å². The van der Waals surface area contributed by atoms with Gasteiger partial charge in [0, 0.05) is 5.92 Å². The van der Waals surface area contributed by atoms with Crippen LogP contribution in [0.4, 0.5) is 0 Å². The highest BCUT2D eigenvalue weighted by Crippen LogP contribution is 2.63. The van der Waals surface area contributed by atoms with Gasteiger partial charge in [-0.1, -0.05) is 19.1 Å². The average Bonchev–Trinajstić information content (AvgIpc) is 2.82. The van der Waals surface area contributed by atoms with E-state index in [1.807, 2.05) is 0 Å². The van der Waals surface area contributed by atoms with E-state index in [1.165, 1.54) is 0 Å². The first-order valence-electron chi connectivity index (χ1n) is 9.13. The largest absolute Gasteiger partial charge is 0.393 e. The van der Waals surface area contributed by atoms with Crippen molar-refractivity contribution in [1.82, 2.24) is 0 Å². The lowest BCUT2D eigenvalue weighted by Crippen LogP contribution is -2.61. The molecule has 0 heterocycles. The van der Waals surface area contributed by atoms with Crippen LogP contribution < -0.4 is 0 Å². The highest BCUT2D eigenvalue weighted by atomic mass is 35.5. The maximum atomic E-state index is 11.7. The monoisotopic (exact) mass is 324 g/mol. The Morgan fingerprint density at radius 3 is 2.73 bits per heavy atom. The SMILES string of the molecule is CC12C=CCC1[C@@]1(O)CCC3CCC(O)CC3CC1(Cl)CC2. The molecular weight excluding hydrogens is 296 g/mol. The third-order valence-corrected chi connectivity index (χ3v) is 8.34. The molecule has 0 aromatic rings. The average molecular weight is 325 g/mol. The predicted molar refractivity (Wildman–Crippen MR) is 88.8 cm³/mol. The molecule has 2 nitrogen and oxygen atoms in total. The molecule has 0 aromatic heterocycles. The Kier molecular flexibility index (Phi) is 3.50. The van der Waals surface area contributed by atoms with Crippen molar-refractivity contribution in [2.24, 2.45) is 23.2 Å². The molecule has 0 aromatic carbocycles. The quantitative estimate of drug-likeness (QED) is 0.521. The third kappa shape index (κ3) is 2.06. The highest BCUT2D eigenvalue weighted by molar-refractivity contribution is 6.25. The summed E-state index contributed by atoms with van der Waals surface area (Å²) in [5.74, 6) is 1.42. The summed E-state index contributed by atoms with van der Waals surface area (Å²) in [5, 5.41) is 21.8. The van der Waals surface area contributed by atoms with E-state index < -0.39 is 10.5 Å². The number of halogens is 1. The summed E-state index contributed by atoms with van der Waals surface area (Å²) in [6, 6.07) is 0. The van der Waals surface area contributed by atoms with Gasteiger partial charge in [-0.05, 0) is 75.0 Å². The van der Waals surface area contributed by atoms with Crippen LogP contribution in [-0.4, -0.2) is 26.8 Å². The molecule has 2 N–H and O–H groups in total. The summed E-state index contributed by atoms with van der Waals surface area (Å²) >= 11 is 7.16. The van der Waals surface area contributed by atoms with Crippen molar-refractivity contribution in [3.05, 3.63) is 12.2 Å². The van der Waals surface area contributed by atoms with Gasteiger partial charge < -0.3 is 10.2 Å². The van der Waals surface area contributed by atoms with Gasteiger partial charge in [-0.2, -0.15) is 0 Å². The van der Waals surface area contributed by atoms with Crippen LogP contribution in [0.1, 0.15) is 64.7 Å². The van der Waals surface area contributed by atoms with Crippen molar-refractivity contribution < 1.29 is 10.2 Å². The van der Waals surface area contributed by atoms with Gasteiger partial charge in [0.05, 0.1) is 16.6 Å². The second-order valence-corrected chi connectivity index (χ2v) is 9.54. The maximum absolute atomic E-state index is 11.7. The number of alkyl halides is 1. The second kappa shape index (κ2) is 4.97. The second-order valence-electron chi connectivity index (χ2n) is 8.82. The van der Waals surface area contributed by atoms with E-state index in [1.54, 1.807) is 0 Å². The lowest BCUT2D eigenvalue weighted by atomic mass is 9.55. The molecule has 0 bridgehead atoms. The Labute approximate surface area is 138 Å². The molecule has 3 saturated carbocycles. The summed E-state index contributed by atoms with van der Waals surface area (Å²) < 4.78 is 0. The highest BCUT2D eigenvalue weighted by Gasteiger charge is 2.63. The first kappa shape index (κ1) is 15.5. The van der Waals surface area contributed by atoms with E-state index >= 15 is 0 Å². The summed E-state index contributed by atoms with van der Waals surface area (Å²) in [4.78, 5) is -0.486. The zero-order chi connectivity index (χ0) is 15.6. The summed E-state index contributed by atoms with van der Waals surface area (Å²) in [6.45, 7) is 2.30. The van der Waals surface area contributed by atoms with Crippen LogP contribution in [0.25, 0.3) is 0 Å². The number of hydrogen-bond donors (Lipinski definition) is 2. The zero-order valence-electron chi connectivity index (χ0n) is 13.6. The van der Waals surface area contributed by atoms with E-state index in [4.69, 9.17) is 11.6 Å². The Morgan fingerprint density at radius 2 is 1.91 bits per heavy atom. The fourth-order valence-electron chi connectivity index (χ4n) is 6.28. The Morgan fingerprint density at radius 1 is 1.09 bits per heavy atom. The van der Waals surface area contributed by atoms with Crippen molar-refractivity contribution in [1.29, 1.82) is 0 Å². The van der Waals surface area contributed by atoms with E-state index in [2.05, 4.69) is 19.1 Å². The normalized spacial score (nSPS) is 57.6. The van der Waals surface area contributed by atoms with Crippen LogP contribution >= 0.6 is 11.6 Å². The van der Waals surface area contributed by atoms with Gasteiger partial charge in [0.2, 0.25) is 0 Å². The van der Waals surface area contributed by atoms with Gasteiger partial charge in [-0.25, -0.2) is 0 Å². The summed E-state index contributed by atoms with van der Waals surface area (Å²) in [6.07, 6.45) is 13.1. The standard InChI is InChI=1S/C19H29ClO2/c1-17-7-2-3-16(17)19(22)8-6-13-4-5-15(21)11-14(13)12-18(19,20)10-9-17/h2,7,13-16,21-22H,3-6,8-12H2,1H3/t13?,14?,15?,16?,17?,18?,19-/m0/s1. The number of aliphatic hydroxyl groups is 2. The fraction of sp³-hybridized carbons (Fsp3) is 0.895. The fourth-order valence-corrected chi connectivity index (χ4v) is 6.80. The molecule has 0 amide bonds. The van der Waals surface area contributed by atoms with Crippen molar-refractivity contribution >= 4 is 11.6 Å². The molecule has 4 rings (SSSR count). The van der Waals surface area contributed by atoms with Gasteiger partial charge in [0.15, 0.2) is 0 Å². The molecule has 7 atom stereocenters. The molecule has 3 fully saturated rings. The number of rotatable bonds is 0. The van der Waals surface area contributed by atoms with E-state index in [0.717, 1.165) is 57.8 Å². The van der Waals surface area contributed by atoms with Crippen LogP contribution in [0, 0.1) is 23.2 Å². The molecule has 3 heteroatoms. The van der Waals surface area contributed by atoms with Crippen LogP contribution in [-0.2, 0) is 0 Å². The van der Waals surface area contributed by atoms with Crippen LogP contribution in [0.2, 0.25) is 0 Å².